The molecule has 1 atom stereocenters. The average Bonchev–Trinajstić information content (AvgIpc) is 2.96. The molecular formula is C17H24N4O3. The van der Waals surface area contributed by atoms with Gasteiger partial charge in [-0.1, -0.05) is 13.8 Å². The van der Waals surface area contributed by atoms with Crippen molar-refractivity contribution in [3.05, 3.63) is 30.0 Å². The van der Waals surface area contributed by atoms with Crippen LogP contribution in [-0.4, -0.2) is 23.2 Å². The smallest absolute Gasteiger partial charge is 0.238 e. The standard InChI is InChI=1S/C17H24N4O3/c1-10(2)8-16-20-21-17(24-16)11(3)18-13-6-7-14(19-12(4)22)15(9-13)23-5/h6-7,9-11,18H,8H2,1-5H3,(H,19,22)/t11-/m0/s1. The van der Waals surface area contributed by atoms with E-state index in [4.69, 9.17) is 9.15 Å². The Kier molecular flexibility index (Phi) is 5.78. The number of anilines is 2. The van der Waals surface area contributed by atoms with Crippen LogP contribution in [0.5, 0.6) is 5.75 Å². The van der Waals surface area contributed by atoms with Gasteiger partial charge in [0.15, 0.2) is 0 Å². The van der Waals surface area contributed by atoms with E-state index in [0.717, 1.165) is 12.1 Å². The van der Waals surface area contributed by atoms with Gasteiger partial charge in [0, 0.05) is 25.1 Å². The highest BCUT2D eigenvalue weighted by molar-refractivity contribution is 5.90. The lowest BCUT2D eigenvalue weighted by Crippen LogP contribution is -2.09. The maximum Gasteiger partial charge on any atom is 0.238 e. The Morgan fingerprint density at radius 3 is 2.67 bits per heavy atom. The first-order valence-electron chi connectivity index (χ1n) is 7.93. The van der Waals surface area contributed by atoms with Gasteiger partial charge in [-0.15, -0.1) is 10.2 Å². The number of aromatic nitrogens is 2. The van der Waals surface area contributed by atoms with Crippen molar-refractivity contribution in [3.63, 3.8) is 0 Å². The Morgan fingerprint density at radius 1 is 1.29 bits per heavy atom. The number of methoxy groups -OCH3 is 1. The van der Waals surface area contributed by atoms with E-state index >= 15 is 0 Å². The van der Waals surface area contributed by atoms with Crippen LogP contribution in [0.1, 0.15) is 45.5 Å². The summed E-state index contributed by atoms with van der Waals surface area (Å²) in [4.78, 5) is 11.2. The largest absolute Gasteiger partial charge is 0.494 e. The lowest BCUT2D eigenvalue weighted by Gasteiger charge is -2.15. The van der Waals surface area contributed by atoms with E-state index in [2.05, 4.69) is 34.7 Å². The molecular weight excluding hydrogens is 308 g/mol. The van der Waals surface area contributed by atoms with E-state index in [0.29, 0.717) is 29.1 Å². The summed E-state index contributed by atoms with van der Waals surface area (Å²) in [6.07, 6.45) is 0.763. The van der Waals surface area contributed by atoms with Crippen molar-refractivity contribution in [2.24, 2.45) is 5.92 Å². The van der Waals surface area contributed by atoms with Crippen molar-refractivity contribution in [1.82, 2.24) is 10.2 Å². The lowest BCUT2D eigenvalue weighted by molar-refractivity contribution is -0.114. The Labute approximate surface area is 141 Å². The van der Waals surface area contributed by atoms with E-state index in [1.807, 2.05) is 19.1 Å². The predicted molar refractivity (Wildman–Crippen MR) is 92.2 cm³/mol. The first kappa shape index (κ1) is 17.8. The maximum absolute atomic E-state index is 11.2. The molecule has 0 aliphatic rings. The van der Waals surface area contributed by atoms with Gasteiger partial charge in [0.05, 0.1) is 12.8 Å². The molecule has 24 heavy (non-hydrogen) atoms. The second-order valence-electron chi connectivity index (χ2n) is 6.09. The van der Waals surface area contributed by atoms with Crippen molar-refractivity contribution >= 4 is 17.3 Å². The summed E-state index contributed by atoms with van der Waals surface area (Å²) in [6.45, 7) is 7.61. The summed E-state index contributed by atoms with van der Waals surface area (Å²) >= 11 is 0. The SMILES string of the molecule is COc1cc(N[C@@H](C)c2nnc(CC(C)C)o2)ccc1NC(C)=O. The van der Waals surface area contributed by atoms with Crippen molar-refractivity contribution in [3.8, 4) is 5.75 Å². The summed E-state index contributed by atoms with van der Waals surface area (Å²) < 4.78 is 11.0. The molecule has 2 N–H and O–H groups in total. The molecule has 0 fully saturated rings. The quantitative estimate of drug-likeness (QED) is 0.807. The number of carbonyl (C=O) groups excluding carboxylic acids is 1. The number of hydrogen-bond donors (Lipinski definition) is 2. The van der Waals surface area contributed by atoms with Crippen LogP contribution in [0.3, 0.4) is 0 Å². The molecule has 1 amide bonds. The second-order valence-corrected chi connectivity index (χ2v) is 6.09. The summed E-state index contributed by atoms with van der Waals surface area (Å²) in [5, 5.41) is 14.2. The van der Waals surface area contributed by atoms with Gasteiger partial charge in [-0.05, 0) is 25.0 Å². The summed E-state index contributed by atoms with van der Waals surface area (Å²) in [5.74, 6) is 2.08. The van der Waals surface area contributed by atoms with Crippen molar-refractivity contribution < 1.29 is 13.9 Å². The van der Waals surface area contributed by atoms with Gasteiger partial charge in [0.1, 0.15) is 11.8 Å². The maximum atomic E-state index is 11.2. The summed E-state index contributed by atoms with van der Waals surface area (Å²) in [7, 11) is 1.56. The molecule has 0 aliphatic heterocycles. The third-order valence-electron chi connectivity index (χ3n) is 3.33. The molecule has 0 saturated carbocycles. The number of hydrogen-bond acceptors (Lipinski definition) is 6. The molecule has 1 aromatic heterocycles. The molecule has 1 heterocycles. The summed E-state index contributed by atoms with van der Waals surface area (Å²) in [6, 6.07) is 5.31. The fourth-order valence-corrected chi connectivity index (χ4v) is 2.26. The number of nitrogens with zero attached hydrogens (tertiary/aromatic N) is 2. The molecule has 0 unspecified atom stereocenters. The van der Waals surface area contributed by atoms with Crippen molar-refractivity contribution in [1.29, 1.82) is 0 Å². The van der Waals surface area contributed by atoms with E-state index in [-0.39, 0.29) is 11.9 Å². The Bertz CT molecular complexity index is 697. The van der Waals surface area contributed by atoms with Crippen LogP contribution in [0.15, 0.2) is 22.6 Å². The van der Waals surface area contributed by atoms with Crippen LogP contribution in [-0.2, 0) is 11.2 Å². The normalized spacial score (nSPS) is 12.1. The minimum absolute atomic E-state index is 0.144. The molecule has 2 rings (SSSR count). The highest BCUT2D eigenvalue weighted by atomic mass is 16.5. The monoisotopic (exact) mass is 332 g/mol. The topological polar surface area (TPSA) is 89.3 Å². The molecule has 0 aliphatic carbocycles. The minimum Gasteiger partial charge on any atom is -0.494 e. The zero-order valence-corrected chi connectivity index (χ0v) is 14.7. The fraction of sp³-hybridized carbons (Fsp3) is 0.471. The van der Waals surface area contributed by atoms with Crippen LogP contribution in [0.25, 0.3) is 0 Å². The van der Waals surface area contributed by atoms with Crippen LogP contribution in [0, 0.1) is 5.92 Å². The molecule has 2 aromatic rings. The van der Waals surface area contributed by atoms with Gasteiger partial charge >= 0.3 is 0 Å². The summed E-state index contributed by atoms with van der Waals surface area (Å²) in [5.41, 5.74) is 1.46. The number of carbonyl (C=O) groups is 1. The van der Waals surface area contributed by atoms with Gasteiger partial charge in [-0.3, -0.25) is 4.79 Å². The zero-order chi connectivity index (χ0) is 17.7. The van der Waals surface area contributed by atoms with E-state index in [9.17, 15) is 4.79 Å². The zero-order valence-electron chi connectivity index (χ0n) is 14.7. The predicted octanol–water partition coefficient (Wildman–Crippen LogP) is 3.41. The average molecular weight is 332 g/mol. The molecule has 1 aromatic carbocycles. The number of nitrogens with one attached hydrogen (secondary N) is 2. The minimum atomic E-state index is -0.147. The Hall–Kier alpha value is -2.57. The molecule has 0 spiro atoms. The number of rotatable bonds is 7. The Morgan fingerprint density at radius 2 is 2.04 bits per heavy atom. The number of benzene rings is 1. The van der Waals surface area contributed by atoms with Crippen LogP contribution < -0.4 is 15.4 Å². The lowest BCUT2D eigenvalue weighted by atomic mass is 10.1. The van der Waals surface area contributed by atoms with E-state index < -0.39 is 0 Å². The Balaban J connectivity index is 2.09. The van der Waals surface area contributed by atoms with Gasteiger partial charge in [-0.25, -0.2) is 0 Å². The molecule has 0 bridgehead atoms. The van der Waals surface area contributed by atoms with Crippen LogP contribution in [0.2, 0.25) is 0 Å². The van der Waals surface area contributed by atoms with Crippen molar-refractivity contribution in [2.45, 2.75) is 40.2 Å². The van der Waals surface area contributed by atoms with Gasteiger partial charge in [-0.2, -0.15) is 0 Å². The van der Waals surface area contributed by atoms with Gasteiger partial charge in [0.25, 0.3) is 0 Å². The van der Waals surface area contributed by atoms with E-state index in [1.54, 1.807) is 13.2 Å². The third-order valence-corrected chi connectivity index (χ3v) is 3.33. The van der Waals surface area contributed by atoms with Gasteiger partial charge < -0.3 is 19.8 Å². The van der Waals surface area contributed by atoms with Crippen molar-refractivity contribution in [2.75, 3.05) is 17.7 Å². The molecule has 7 heteroatoms. The van der Waals surface area contributed by atoms with E-state index in [1.165, 1.54) is 6.92 Å². The van der Waals surface area contributed by atoms with Crippen LogP contribution in [0.4, 0.5) is 11.4 Å². The van der Waals surface area contributed by atoms with Gasteiger partial charge in [0.2, 0.25) is 17.7 Å². The highest BCUT2D eigenvalue weighted by Crippen LogP contribution is 2.29. The van der Waals surface area contributed by atoms with Crippen LogP contribution >= 0.6 is 0 Å². The number of ether oxygens (including phenoxy) is 1. The number of amides is 1. The fourth-order valence-electron chi connectivity index (χ4n) is 2.26. The first-order valence-corrected chi connectivity index (χ1v) is 7.93. The molecule has 0 saturated heterocycles. The highest BCUT2D eigenvalue weighted by Gasteiger charge is 2.15. The third kappa shape index (κ3) is 4.71. The second kappa shape index (κ2) is 7.81. The molecule has 130 valence electrons. The molecule has 0 radical (unpaired) electrons. The molecule has 7 nitrogen and oxygen atoms in total. The first-order chi connectivity index (χ1) is 11.4.